The van der Waals surface area contributed by atoms with Gasteiger partial charge in [0.25, 0.3) is 0 Å². The molecule has 0 unspecified atom stereocenters. The number of hydrogen-bond donors (Lipinski definition) is 0. The minimum atomic E-state index is 0.769. The fourth-order valence-corrected chi connectivity index (χ4v) is 3.45. The van der Waals surface area contributed by atoms with Crippen LogP contribution in [0, 0.1) is 0 Å². The van der Waals surface area contributed by atoms with E-state index in [1.54, 1.807) is 25.7 Å². The highest BCUT2D eigenvalue weighted by Gasteiger charge is 2.17. The van der Waals surface area contributed by atoms with Crippen LogP contribution in [0.5, 0.6) is 5.75 Å². The van der Waals surface area contributed by atoms with Crippen molar-refractivity contribution in [2.24, 2.45) is 17.3 Å². The van der Waals surface area contributed by atoms with E-state index in [4.69, 9.17) is 4.74 Å². The van der Waals surface area contributed by atoms with E-state index < -0.39 is 0 Å². The Hall–Kier alpha value is -3.54. The van der Waals surface area contributed by atoms with Crippen molar-refractivity contribution in [1.29, 1.82) is 0 Å². The average Bonchev–Trinajstić information content (AvgIpc) is 2.96. The molecule has 4 rings (SSSR count). The summed E-state index contributed by atoms with van der Waals surface area (Å²) in [6.45, 7) is 4.61. The molecule has 0 saturated carbocycles. The summed E-state index contributed by atoms with van der Waals surface area (Å²) in [5.41, 5.74) is 6.42. The number of allylic oxidation sites excluding steroid dienone is 1. The predicted molar refractivity (Wildman–Crippen MR) is 115 cm³/mol. The quantitative estimate of drug-likeness (QED) is 0.592. The number of rotatable bonds is 5. The molecule has 146 valence electrons. The molecule has 6 nitrogen and oxygen atoms in total. The Morgan fingerprint density at radius 3 is 2.86 bits per heavy atom. The predicted octanol–water partition coefficient (Wildman–Crippen LogP) is 5.39. The summed E-state index contributed by atoms with van der Waals surface area (Å²) in [5, 5.41) is 8.59. The number of aryl methyl sites for hydroxylation is 1. The molecule has 6 heteroatoms. The maximum absolute atomic E-state index is 5.52. The molecule has 2 aromatic heterocycles. The first-order valence-corrected chi connectivity index (χ1v) is 9.58. The van der Waals surface area contributed by atoms with Crippen LogP contribution in [0.4, 0.5) is 0 Å². The van der Waals surface area contributed by atoms with E-state index in [9.17, 15) is 0 Å². The van der Waals surface area contributed by atoms with Crippen LogP contribution in [0.15, 0.2) is 65.7 Å². The van der Waals surface area contributed by atoms with Gasteiger partial charge in [0.05, 0.1) is 37.1 Å². The molecule has 0 spiro atoms. The van der Waals surface area contributed by atoms with Crippen LogP contribution in [-0.2, 0) is 7.05 Å². The molecular weight excluding hydrogens is 362 g/mol. The zero-order valence-electron chi connectivity index (χ0n) is 16.7. The smallest absolute Gasteiger partial charge is 0.126 e. The van der Waals surface area contributed by atoms with E-state index in [2.05, 4.69) is 32.9 Å². The van der Waals surface area contributed by atoms with Crippen LogP contribution in [-0.4, -0.2) is 28.2 Å². The molecule has 0 amide bonds. The van der Waals surface area contributed by atoms with Crippen LogP contribution in [0.25, 0.3) is 34.4 Å². The molecule has 3 heterocycles. The summed E-state index contributed by atoms with van der Waals surface area (Å²) in [5.74, 6) is 0.774. The molecule has 0 saturated heterocycles. The zero-order chi connectivity index (χ0) is 20.2. The van der Waals surface area contributed by atoms with Gasteiger partial charge in [0.2, 0.25) is 0 Å². The summed E-state index contributed by atoms with van der Waals surface area (Å²) in [4.78, 5) is 9.21. The molecule has 1 aliphatic rings. The van der Waals surface area contributed by atoms with Crippen molar-refractivity contribution >= 4 is 11.8 Å². The summed E-state index contributed by atoms with van der Waals surface area (Å²) in [6, 6.07) is 10.0. The van der Waals surface area contributed by atoms with Crippen molar-refractivity contribution < 1.29 is 4.74 Å². The van der Waals surface area contributed by atoms with Gasteiger partial charge in [0.1, 0.15) is 11.4 Å². The van der Waals surface area contributed by atoms with Crippen molar-refractivity contribution in [2.75, 3.05) is 13.7 Å². The standard InChI is InChI=1S/C23H23N5O/c1-4-16-8-9-18(14-21(16)29-3)23-22(25-15-28(23)2)20-13-17(10-12-24-20)19-7-5-6-11-26-27-19/h4,7-10,12-15H,1,5-6,11H2,2-3H3. The molecule has 1 aliphatic heterocycles. The monoisotopic (exact) mass is 385 g/mol. The maximum Gasteiger partial charge on any atom is 0.126 e. The second-order valence-corrected chi connectivity index (χ2v) is 6.84. The van der Waals surface area contributed by atoms with Crippen LogP contribution in [0.2, 0.25) is 0 Å². The van der Waals surface area contributed by atoms with Gasteiger partial charge in [0, 0.05) is 29.9 Å². The largest absolute Gasteiger partial charge is 0.496 e. The van der Waals surface area contributed by atoms with Gasteiger partial charge in [-0.25, -0.2) is 4.98 Å². The third-order valence-electron chi connectivity index (χ3n) is 4.94. The van der Waals surface area contributed by atoms with E-state index in [1.165, 1.54) is 0 Å². The molecule has 0 bridgehead atoms. The molecule has 3 aromatic rings. The third kappa shape index (κ3) is 3.74. The van der Waals surface area contributed by atoms with Crippen LogP contribution >= 0.6 is 0 Å². The average molecular weight is 385 g/mol. The van der Waals surface area contributed by atoms with Crippen LogP contribution in [0.1, 0.15) is 24.0 Å². The Morgan fingerprint density at radius 2 is 2.03 bits per heavy atom. The first kappa shape index (κ1) is 18.8. The lowest BCUT2D eigenvalue weighted by atomic mass is 10.0. The van der Waals surface area contributed by atoms with E-state index in [-0.39, 0.29) is 0 Å². The maximum atomic E-state index is 5.52. The van der Waals surface area contributed by atoms with Crippen molar-refractivity contribution in [1.82, 2.24) is 14.5 Å². The Morgan fingerprint density at radius 1 is 1.14 bits per heavy atom. The number of hydrogen-bond acceptors (Lipinski definition) is 5. The van der Waals surface area contributed by atoms with Crippen molar-refractivity contribution in [3.05, 3.63) is 66.6 Å². The van der Waals surface area contributed by atoms with Gasteiger partial charge in [-0.05, 0) is 31.0 Å². The Balaban J connectivity index is 1.80. The number of aromatic nitrogens is 3. The zero-order valence-corrected chi connectivity index (χ0v) is 16.7. The fraction of sp³-hybridized carbons (Fsp3) is 0.217. The fourth-order valence-electron chi connectivity index (χ4n) is 3.45. The molecule has 0 N–H and O–H groups in total. The van der Waals surface area contributed by atoms with E-state index >= 15 is 0 Å². The normalized spacial score (nSPS) is 13.7. The van der Waals surface area contributed by atoms with Crippen molar-refractivity contribution in [3.8, 4) is 28.4 Å². The number of imidazole rings is 1. The molecule has 0 aliphatic carbocycles. The van der Waals surface area contributed by atoms with Gasteiger partial charge in [-0.2, -0.15) is 10.2 Å². The second-order valence-electron chi connectivity index (χ2n) is 6.84. The summed E-state index contributed by atoms with van der Waals surface area (Å²) in [7, 11) is 3.64. The van der Waals surface area contributed by atoms with Crippen LogP contribution < -0.4 is 4.74 Å². The van der Waals surface area contributed by atoms with Gasteiger partial charge in [-0.15, -0.1) is 0 Å². The number of pyridine rings is 1. The first-order valence-electron chi connectivity index (χ1n) is 9.58. The van der Waals surface area contributed by atoms with Gasteiger partial charge < -0.3 is 9.30 Å². The molecule has 1 aromatic carbocycles. The van der Waals surface area contributed by atoms with Crippen molar-refractivity contribution in [2.45, 2.75) is 12.8 Å². The van der Waals surface area contributed by atoms with Crippen LogP contribution in [0.3, 0.4) is 0 Å². The minimum absolute atomic E-state index is 0.769. The van der Waals surface area contributed by atoms with Crippen molar-refractivity contribution in [3.63, 3.8) is 0 Å². The SMILES string of the molecule is C=Cc1ccc(-c2c(-c3cc(C4=CCCCN=N4)ccn3)ncn2C)cc1OC. The summed E-state index contributed by atoms with van der Waals surface area (Å²) >= 11 is 0. The molecular formula is C23H23N5O. The lowest BCUT2D eigenvalue weighted by Gasteiger charge is -2.11. The highest BCUT2D eigenvalue weighted by atomic mass is 16.5. The topological polar surface area (TPSA) is 64.7 Å². The molecule has 0 fully saturated rings. The van der Waals surface area contributed by atoms with Gasteiger partial charge in [-0.1, -0.05) is 30.9 Å². The highest BCUT2D eigenvalue weighted by Crippen LogP contribution is 2.34. The lowest BCUT2D eigenvalue weighted by Crippen LogP contribution is -1.95. The third-order valence-corrected chi connectivity index (χ3v) is 4.94. The number of benzene rings is 1. The minimum Gasteiger partial charge on any atom is -0.496 e. The van der Waals surface area contributed by atoms with Gasteiger partial charge in [0.15, 0.2) is 0 Å². The summed E-state index contributed by atoms with van der Waals surface area (Å²) < 4.78 is 7.52. The number of nitrogens with zero attached hydrogens (tertiary/aromatic N) is 5. The first-order chi connectivity index (χ1) is 14.2. The summed E-state index contributed by atoms with van der Waals surface area (Å²) in [6.07, 6.45) is 9.52. The van der Waals surface area contributed by atoms with E-state index in [1.807, 2.05) is 41.9 Å². The lowest BCUT2D eigenvalue weighted by molar-refractivity contribution is 0.414. The van der Waals surface area contributed by atoms with E-state index in [0.717, 1.165) is 64.6 Å². The Labute approximate surface area is 170 Å². The molecule has 29 heavy (non-hydrogen) atoms. The van der Waals surface area contributed by atoms with Gasteiger partial charge in [-0.3, -0.25) is 4.98 Å². The Bertz CT molecular complexity index is 1110. The second kappa shape index (κ2) is 8.22. The Kier molecular flexibility index (Phi) is 5.33. The van der Waals surface area contributed by atoms with E-state index in [0.29, 0.717) is 0 Å². The number of ether oxygens (including phenoxy) is 1. The number of methoxy groups -OCH3 is 1. The molecule has 0 radical (unpaired) electrons. The number of azo groups is 1. The molecule has 0 atom stereocenters. The highest BCUT2D eigenvalue weighted by molar-refractivity contribution is 5.80. The van der Waals surface area contributed by atoms with Gasteiger partial charge >= 0.3 is 0 Å².